The molecule has 5 rings (SSSR count). The van der Waals surface area contributed by atoms with Gasteiger partial charge in [-0.25, -0.2) is 9.97 Å². The molecule has 1 aliphatic carbocycles. The van der Waals surface area contributed by atoms with E-state index in [2.05, 4.69) is 20.6 Å². The van der Waals surface area contributed by atoms with Gasteiger partial charge >= 0.3 is 6.18 Å². The number of fused-ring (bicyclic) bond motifs is 2. The molecular weight excluding hydrogens is 471 g/mol. The lowest BCUT2D eigenvalue weighted by atomic mass is 10.1. The number of rotatable bonds is 5. The molecule has 0 spiro atoms. The summed E-state index contributed by atoms with van der Waals surface area (Å²) in [4.78, 5) is 13.3. The number of hydrogen-bond donors (Lipinski definition) is 3. The monoisotopic (exact) mass is 495 g/mol. The van der Waals surface area contributed by atoms with Gasteiger partial charge in [0.15, 0.2) is 5.79 Å². The molecule has 2 aliphatic rings. The van der Waals surface area contributed by atoms with Crippen molar-refractivity contribution in [2.24, 2.45) is 0 Å². The number of aromatic nitrogens is 3. The molecule has 8 nitrogen and oxygen atoms in total. The van der Waals surface area contributed by atoms with E-state index < -0.39 is 36.8 Å². The normalized spacial score (nSPS) is 26.1. The topological polar surface area (TPSA) is 101 Å². The molecule has 0 bridgehead atoms. The van der Waals surface area contributed by atoms with Crippen molar-refractivity contribution in [3.05, 3.63) is 30.0 Å². The Morgan fingerprint density at radius 3 is 2.62 bits per heavy atom. The highest BCUT2D eigenvalue weighted by molar-refractivity contribution is 7.21. The standard InChI is InChI=1S/C22H24F3N5O3S/c1-10-15(19-29-11-6-4-5-7-14(11)34-19)18(30-20(27-10)26-9-22(23,24)25)28-12-8-13(31)17-16(12)32-21(2,3)33-17/h4-7,12-13,16-17,31H,8-9H2,1-3H3,(H2,26,27,28,30)/t12-,13+,16+,17-/m1/s1. The van der Waals surface area contributed by atoms with Gasteiger partial charge in [-0.2, -0.15) is 18.2 Å². The van der Waals surface area contributed by atoms with Gasteiger partial charge in [-0.15, -0.1) is 11.3 Å². The number of ether oxygens (including phenoxy) is 2. The summed E-state index contributed by atoms with van der Waals surface area (Å²) in [6, 6.07) is 7.26. The van der Waals surface area contributed by atoms with Crippen molar-refractivity contribution in [1.82, 2.24) is 15.0 Å². The molecule has 3 aromatic rings. The molecule has 0 amide bonds. The third kappa shape index (κ3) is 4.54. The van der Waals surface area contributed by atoms with Crippen LogP contribution in [-0.2, 0) is 9.47 Å². The van der Waals surface area contributed by atoms with Crippen molar-refractivity contribution in [2.45, 2.75) is 63.5 Å². The average molecular weight is 496 g/mol. The zero-order valence-corrected chi connectivity index (χ0v) is 19.5. The molecule has 182 valence electrons. The lowest BCUT2D eigenvalue weighted by Crippen LogP contribution is -2.35. The van der Waals surface area contributed by atoms with Crippen LogP contribution in [-0.4, -0.2) is 62.9 Å². The van der Waals surface area contributed by atoms with E-state index in [0.29, 0.717) is 28.5 Å². The van der Waals surface area contributed by atoms with Crippen molar-refractivity contribution in [1.29, 1.82) is 0 Å². The Morgan fingerprint density at radius 2 is 1.88 bits per heavy atom. The Kier molecular flexibility index (Phi) is 5.66. The zero-order chi connectivity index (χ0) is 24.3. The van der Waals surface area contributed by atoms with E-state index in [1.165, 1.54) is 11.3 Å². The van der Waals surface area contributed by atoms with Gasteiger partial charge in [-0.3, -0.25) is 0 Å². The molecule has 34 heavy (non-hydrogen) atoms. The van der Waals surface area contributed by atoms with E-state index in [4.69, 9.17) is 14.5 Å². The van der Waals surface area contributed by atoms with E-state index in [-0.39, 0.29) is 12.0 Å². The highest BCUT2D eigenvalue weighted by Crippen LogP contribution is 2.42. The molecule has 2 aromatic heterocycles. The van der Waals surface area contributed by atoms with Crippen LogP contribution in [0.1, 0.15) is 26.0 Å². The molecule has 2 fully saturated rings. The number of hydrogen-bond acceptors (Lipinski definition) is 9. The molecule has 0 unspecified atom stereocenters. The maximum Gasteiger partial charge on any atom is 0.405 e. The SMILES string of the molecule is Cc1nc(NCC(F)(F)F)nc(N[C@@H]2C[C@H](O)[C@H]3OC(C)(C)O[C@H]32)c1-c1nc2ccccc2s1. The third-order valence-electron chi connectivity index (χ3n) is 5.80. The largest absolute Gasteiger partial charge is 0.405 e. The van der Waals surface area contributed by atoms with Gasteiger partial charge < -0.3 is 25.2 Å². The quantitative estimate of drug-likeness (QED) is 0.486. The average Bonchev–Trinajstić information content (AvgIpc) is 3.38. The molecule has 3 heterocycles. The summed E-state index contributed by atoms with van der Waals surface area (Å²) < 4.78 is 51.2. The predicted molar refractivity (Wildman–Crippen MR) is 122 cm³/mol. The zero-order valence-electron chi connectivity index (χ0n) is 18.7. The third-order valence-corrected chi connectivity index (χ3v) is 6.86. The van der Waals surface area contributed by atoms with Crippen LogP contribution in [0.3, 0.4) is 0 Å². The fourth-order valence-electron chi connectivity index (χ4n) is 4.44. The fourth-order valence-corrected chi connectivity index (χ4v) is 5.51. The smallest absolute Gasteiger partial charge is 0.390 e. The van der Waals surface area contributed by atoms with Crippen molar-refractivity contribution in [3.63, 3.8) is 0 Å². The Bertz CT molecular complexity index is 1190. The molecule has 1 aliphatic heterocycles. The first kappa shape index (κ1) is 23.2. The van der Waals surface area contributed by atoms with Crippen LogP contribution in [0.25, 0.3) is 20.8 Å². The molecule has 1 aromatic carbocycles. The minimum Gasteiger partial charge on any atom is -0.390 e. The molecule has 1 saturated heterocycles. The second-order valence-corrected chi connectivity index (χ2v) is 9.96. The van der Waals surface area contributed by atoms with Crippen molar-refractivity contribution < 1.29 is 27.8 Å². The van der Waals surface area contributed by atoms with E-state index in [1.54, 1.807) is 20.8 Å². The number of nitrogens with zero attached hydrogens (tertiary/aromatic N) is 3. The Morgan fingerprint density at radius 1 is 1.15 bits per heavy atom. The van der Waals surface area contributed by atoms with Gasteiger partial charge in [-0.1, -0.05) is 12.1 Å². The Hall–Kier alpha value is -2.54. The summed E-state index contributed by atoms with van der Waals surface area (Å²) in [5.74, 6) is -0.684. The van der Waals surface area contributed by atoms with Gasteiger partial charge in [0.25, 0.3) is 0 Å². The molecule has 0 radical (unpaired) electrons. The molecule has 4 atom stereocenters. The van der Waals surface area contributed by atoms with Crippen LogP contribution in [0.15, 0.2) is 24.3 Å². The lowest BCUT2D eigenvalue weighted by Gasteiger charge is -2.24. The predicted octanol–water partition coefficient (Wildman–Crippen LogP) is 4.10. The molecule has 1 saturated carbocycles. The molecule has 3 N–H and O–H groups in total. The number of alkyl halides is 3. The van der Waals surface area contributed by atoms with Gasteiger partial charge in [-0.05, 0) is 39.3 Å². The van der Waals surface area contributed by atoms with Crippen LogP contribution in [0.5, 0.6) is 0 Å². The van der Waals surface area contributed by atoms with Crippen LogP contribution in [0.2, 0.25) is 0 Å². The summed E-state index contributed by atoms with van der Waals surface area (Å²) in [6.07, 6.45) is -5.79. The number of benzene rings is 1. The number of aliphatic hydroxyl groups is 1. The first-order valence-corrected chi connectivity index (χ1v) is 11.7. The lowest BCUT2D eigenvalue weighted by molar-refractivity contribution is -0.162. The first-order valence-electron chi connectivity index (χ1n) is 10.8. The number of para-hydroxylation sites is 1. The van der Waals surface area contributed by atoms with Crippen molar-refractivity contribution in [3.8, 4) is 10.6 Å². The van der Waals surface area contributed by atoms with Gasteiger partial charge in [0.2, 0.25) is 5.95 Å². The van der Waals surface area contributed by atoms with Gasteiger partial charge in [0.05, 0.1) is 33.6 Å². The summed E-state index contributed by atoms with van der Waals surface area (Å²) >= 11 is 1.44. The summed E-state index contributed by atoms with van der Waals surface area (Å²) in [7, 11) is 0. The minimum atomic E-state index is -4.42. The number of nitrogens with one attached hydrogen (secondary N) is 2. The van der Waals surface area contributed by atoms with E-state index in [9.17, 15) is 18.3 Å². The van der Waals surface area contributed by atoms with Gasteiger partial charge in [0, 0.05) is 0 Å². The number of aryl methyl sites for hydroxylation is 1. The highest BCUT2D eigenvalue weighted by atomic mass is 32.1. The van der Waals surface area contributed by atoms with Crippen LogP contribution >= 0.6 is 11.3 Å². The van der Waals surface area contributed by atoms with Gasteiger partial charge in [0.1, 0.15) is 29.6 Å². The second kappa shape index (κ2) is 8.29. The van der Waals surface area contributed by atoms with Crippen molar-refractivity contribution >= 4 is 33.3 Å². The Balaban J connectivity index is 1.53. The summed E-state index contributed by atoms with van der Waals surface area (Å²) in [5.41, 5.74) is 1.87. The van der Waals surface area contributed by atoms with E-state index in [0.717, 1.165) is 10.2 Å². The minimum absolute atomic E-state index is 0.152. The second-order valence-electron chi connectivity index (χ2n) is 8.93. The number of thiazole rings is 1. The van der Waals surface area contributed by atoms with Crippen LogP contribution in [0, 0.1) is 6.92 Å². The maximum absolute atomic E-state index is 12.8. The van der Waals surface area contributed by atoms with E-state index in [1.807, 2.05) is 24.3 Å². The van der Waals surface area contributed by atoms with Crippen molar-refractivity contribution in [2.75, 3.05) is 17.2 Å². The van der Waals surface area contributed by atoms with Crippen LogP contribution in [0.4, 0.5) is 24.9 Å². The van der Waals surface area contributed by atoms with E-state index >= 15 is 0 Å². The summed E-state index contributed by atoms with van der Waals surface area (Å²) in [5, 5.41) is 16.7. The van der Waals surface area contributed by atoms with Crippen LogP contribution < -0.4 is 10.6 Å². The highest BCUT2D eigenvalue weighted by Gasteiger charge is 2.54. The Labute approximate surface area is 197 Å². The molecular formula is C22H24F3N5O3S. The fraction of sp³-hybridized carbons (Fsp3) is 0.500. The first-order chi connectivity index (χ1) is 16.0. The number of aliphatic hydroxyl groups excluding tert-OH is 1. The summed E-state index contributed by atoms with van der Waals surface area (Å²) in [6.45, 7) is 3.99. The number of anilines is 2. The maximum atomic E-state index is 12.8. The number of halogens is 3. The molecule has 12 heteroatoms.